The molecule has 140 valence electrons. The average molecular weight is 386 g/mol. The highest BCUT2D eigenvalue weighted by molar-refractivity contribution is 8.00. The van der Waals surface area contributed by atoms with Gasteiger partial charge in [-0.2, -0.15) is 0 Å². The minimum Gasteiger partial charge on any atom is -0.484 e. The molecule has 0 saturated heterocycles. The smallest absolute Gasteiger partial charge is 0.277 e. The molecule has 0 radical (unpaired) electrons. The molecule has 0 spiro atoms. The van der Waals surface area contributed by atoms with Crippen molar-refractivity contribution in [1.82, 2.24) is 10.2 Å². The van der Waals surface area contributed by atoms with Crippen molar-refractivity contribution in [1.29, 1.82) is 0 Å². The molecular formula is C20H19FN2O3S. The highest BCUT2D eigenvalue weighted by atomic mass is 32.2. The van der Waals surface area contributed by atoms with Gasteiger partial charge in [0.1, 0.15) is 11.6 Å². The molecular weight excluding hydrogens is 367 g/mol. The number of benzene rings is 2. The van der Waals surface area contributed by atoms with Crippen LogP contribution in [0.15, 0.2) is 52.1 Å². The summed E-state index contributed by atoms with van der Waals surface area (Å²) >= 11 is 1.21. The average Bonchev–Trinajstić information content (AvgIpc) is 3.10. The van der Waals surface area contributed by atoms with Crippen LogP contribution in [0.4, 0.5) is 4.39 Å². The summed E-state index contributed by atoms with van der Waals surface area (Å²) in [6.07, 6.45) is 0. The van der Waals surface area contributed by atoms with Crippen molar-refractivity contribution in [3.05, 3.63) is 70.9 Å². The van der Waals surface area contributed by atoms with Gasteiger partial charge in [0.25, 0.3) is 11.1 Å². The molecule has 0 aliphatic heterocycles. The topological polar surface area (TPSA) is 65.2 Å². The van der Waals surface area contributed by atoms with E-state index in [4.69, 9.17) is 9.15 Å². The molecule has 0 N–H and O–H groups in total. The molecule has 0 saturated carbocycles. The van der Waals surface area contributed by atoms with E-state index in [9.17, 15) is 9.18 Å². The molecule has 7 heteroatoms. The van der Waals surface area contributed by atoms with Crippen molar-refractivity contribution in [3.63, 3.8) is 0 Å². The Labute approximate surface area is 161 Å². The van der Waals surface area contributed by atoms with Crippen LogP contribution in [-0.4, -0.2) is 21.2 Å². The number of ketones is 1. The van der Waals surface area contributed by atoms with E-state index < -0.39 is 0 Å². The SMILES string of the molecule is Cc1ccc(C)c(C(=O)C(C)Sc2nnc(COc3ccc(F)cc3)o2)c1. The first kappa shape index (κ1) is 19.1. The Morgan fingerprint density at radius 1 is 1.19 bits per heavy atom. The van der Waals surface area contributed by atoms with Crippen molar-refractivity contribution >= 4 is 17.5 Å². The maximum absolute atomic E-state index is 12.9. The summed E-state index contributed by atoms with van der Waals surface area (Å²) < 4.78 is 23.9. The van der Waals surface area contributed by atoms with Crippen LogP contribution in [0.2, 0.25) is 0 Å². The molecule has 1 atom stereocenters. The van der Waals surface area contributed by atoms with E-state index >= 15 is 0 Å². The summed E-state index contributed by atoms with van der Waals surface area (Å²) in [4.78, 5) is 12.7. The minimum atomic E-state index is -0.364. The lowest BCUT2D eigenvalue weighted by Crippen LogP contribution is -2.15. The Bertz CT molecular complexity index is 941. The number of halogens is 1. The van der Waals surface area contributed by atoms with Gasteiger partial charge in [-0.05, 0) is 56.7 Å². The zero-order valence-electron chi connectivity index (χ0n) is 15.2. The van der Waals surface area contributed by atoms with Gasteiger partial charge in [0.15, 0.2) is 12.4 Å². The predicted molar refractivity (Wildman–Crippen MR) is 101 cm³/mol. The van der Waals surface area contributed by atoms with E-state index in [1.165, 1.54) is 36.0 Å². The molecule has 0 amide bonds. The number of rotatable bonds is 7. The number of Topliss-reactive ketones (excluding diaryl/α,β-unsaturated/α-hetero) is 1. The lowest BCUT2D eigenvalue weighted by atomic mass is 10.0. The summed E-state index contributed by atoms with van der Waals surface area (Å²) in [5, 5.41) is 7.81. The van der Waals surface area contributed by atoms with Crippen LogP contribution in [-0.2, 0) is 6.61 Å². The van der Waals surface area contributed by atoms with Crippen molar-refractivity contribution in [2.75, 3.05) is 0 Å². The maximum Gasteiger partial charge on any atom is 0.277 e. The fraction of sp³-hybridized carbons (Fsp3) is 0.250. The molecule has 0 aliphatic rings. The molecule has 1 heterocycles. The van der Waals surface area contributed by atoms with Crippen LogP contribution in [0.5, 0.6) is 5.75 Å². The number of hydrogen-bond acceptors (Lipinski definition) is 6. The number of carbonyl (C=O) groups excluding carboxylic acids is 1. The lowest BCUT2D eigenvalue weighted by Gasteiger charge is -2.10. The number of carbonyl (C=O) groups is 1. The van der Waals surface area contributed by atoms with Crippen LogP contribution < -0.4 is 4.74 Å². The predicted octanol–water partition coefficient (Wildman–Crippen LogP) is 4.77. The summed E-state index contributed by atoms with van der Waals surface area (Å²) in [7, 11) is 0. The van der Waals surface area contributed by atoms with Crippen molar-refractivity contribution in [2.24, 2.45) is 0 Å². The van der Waals surface area contributed by atoms with Gasteiger partial charge in [0.2, 0.25) is 0 Å². The Morgan fingerprint density at radius 3 is 2.67 bits per heavy atom. The van der Waals surface area contributed by atoms with Crippen molar-refractivity contribution in [2.45, 2.75) is 37.9 Å². The Balaban J connectivity index is 1.60. The lowest BCUT2D eigenvalue weighted by molar-refractivity contribution is 0.0993. The summed E-state index contributed by atoms with van der Waals surface area (Å²) in [6.45, 7) is 5.76. The van der Waals surface area contributed by atoms with E-state index in [-0.39, 0.29) is 29.3 Å². The van der Waals surface area contributed by atoms with Gasteiger partial charge in [-0.3, -0.25) is 4.79 Å². The van der Waals surface area contributed by atoms with E-state index in [1.54, 1.807) is 0 Å². The summed E-state index contributed by atoms with van der Waals surface area (Å²) in [5.74, 6) is 0.473. The van der Waals surface area contributed by atoms with Gasteiger partial charge in [0.05, 0.1) is 5.25 Å². The fourth-order valence-corrected chi connectivity index (χ4v) is 3.21. The number of aromatic nitrogens is 2. The minimum absolute atomic E-state index is 0.0171. The normalized spacial score (nSPS) is 12.0. The van der Waals surface area contributed by atoms with Gasteiger partial charge >= 0.3 is 0 Å². The number of hydrogen-bond donors (Lipinski definition) is 0. The van der Waals surface area contributed by atoms with Gasteiger partial charge in [-0.25, -0.2) is 4.39 Å². The molecule has 0 bridgehead atoms. The molecule has 3 aromatic rings. The second kappa shape index (κ2) is 8.35. The molecule has 27 heavy (non-hydrogen) atoms. The van der Waals surface area contributed by atoms with Gasteiger partial charge in [0, 0.05) is 5.56 Å². The second-order valence-corrected chi connectivity index (χ2v) is 7.44. The van der Waals surface area contributed by atoms with Crippen molar-refractivity contribution in [3.8, 4) is 5.75 Å². The first-order chi connectivity index (χ1) is 12.9. The third kappa shape index (κ3) is 4.95. The van der Waals surface area contributed by atoms with Crippen LogP contribution in [0, 0.1) is 19.7 Å². The van der Waals surface area contributed by atoms with Crippen LogP contribution in [0.25, 0.3) is 0 Å². The fourth-order valence-electron chi connectivity index (χ4n) is 2.45. The quantitative estimate of drug-likeness (QED) is 0.431. The Hall–Kier alpha value is -2.67. The zero-order valence-corrected chi connectivity index (χ0v) is 16.0. The Kier molecular flexibility index (Phi) is 5.91. The first-order valence-electron chi connectivity index (χ1n) is 8.41. The Morgan fingerprint density at radius 2 is 1.93 bits per heavy atom. The van der Waals surface area contributed by atoms with Crippen LogP contribution >= 0.6 is 11.8 Å². The third-order valence-corrected chi connectivity index (χ3v) is 4.86. The largest absolute Gasteiger partial charge is 0.484 e. The number of aryl methyl sites for hydroxylation is 2. The highest BCUT2D eigenvalue weighted by Gasteiger charge is 2.21. The summed E-state index contributed by atoms with van der Waals surface area (Å²) in [5.41, 5.74) is 2.69. The molecule has 1 unspecified atom stereocenters. The summed E-state index contributed by atoms with van der Waals surface area (Å²) in [6, 6.07) is 11.5. The molecule has 3 rings (SSSR count). The van der Waals surface area contributed by atoms with E-state index in [2.05, 4.69) is 10.2 Å². The van der Waals surface area contributed by atoms with E-state index in [0.29, 0.717) is 16.5 Å². The van der Waals surface area contributed by atoms with Crippen LogP contribution in [0.1, 0.15) is 34.3 Å². The molecule has 0 fully saturated rings. The van der Waals surface area contributed by atoms with Gasteiger partial charge in [-0.15, -0.1) is 10.2 Å². The third-order valence-electron chi connectivity index (χ3n) is 3.93. The monoisotopic (exact) mass is 386 g/mol. The molecule has 2 aromatic carbocycles. The maximum atomic E-state index is 12.9. The van der Waals surface area contributed by atoms with Gasteiger partial charge < -0.3 is 9.15 Å². The van der Waals surface area contributed by atoms with Crippen LogP contribution in [0.3, 0.4) is 0 Å². The van der Waals surface area contributed by atoms with E-state index in [0.717, 1.165) is 11.1 Å². The number of nitrogens with zero attached hydrogens (tertiary/aromatic N) is 2. The zero-order chi connectivity index (χ0) is 19.4. The number of ether oxygens (including phenoxy) is 1. The van der Waals surface area contributed by atoms with Crippen molar-refractivity contribution < 1.29 is 18.3 Å². The van der Waals surface area contributed by atoms with E-state index in [1.807, 2.05) is 39.0 Å². The highest BCUT2D eigenvalue weighted by Crippen LogP contribution is 2.26. The molecule has 5 nitrogen and oxygen atoms in total. The molecule has 0 aliphatic carbocycles. The second-order valence-electron chi connectivity index (χ2n) is 6.15. The first-order valence-corrected chi connectivity index (χ1v) is 9.29. The van der Waals surface area contributed by atoms with Gasteiger partial charge in [-0.1, -0.05) is 29.5 Å². The number of thioether (sulfide) groups is 1. The standard InChI is InChI=1S/C20H19FN2O3S/c1-12-4-5-13(2)17(10-12)19(24)14(3)27-20-23-22-18(26-20)11-25-16-8-6-15(21)7-9-16/h4-10,14H,11H2,1-3H3. The molecule has 1 aromatic heterocycles.